The van der Waals surface area contributed by atoms with Crippen LogP contribution in [0.2, 0.25) is 0 Å². The van der Waals surface area contributed by atoms with Crippen molar-refractivity contribution in [3.63, 3.8) is 0 Å². The maximum Gasteiger partial charge on any atom is 0.241 e. The molecular weight excluding hydrogens is 336 g/mol. The van der Waals surface area contributed by atoms with Crippen LogP contribution in [-0.4, -0.2) is 11.9 Å². The van der Waals surface area contributed by atoms with Gasteiger partial charge in [0.05, 0.1) is 11.7 Å². The van der Waals surface area contributed by atoms with Gasteiger partial charge in [0.25, 0.3) is 0 Å². The summed E-state index contributed by atoms with van der Waals surface area (Å²) in [6.07, 6.45) is 2.08. The fourth-order valence-corrected chi connectivity index (χ4v) is 1.81. The molecule has 0 spiro atoms. The van der Waals surface area contributed by atoms with Gasteiger partial charge >= 0.3 is 0 Å². The molecule has 0 radical (unpaired) electrons. The van der Waals surface area contributed by atoms with Crippen molar-refractivity contribution in [3.05, 3.63) is 39.8 Å². The normalized spacial score (nSPS) is 11.9. The smallest absolute Gasteiger partial charge is 0.241 e. The van der Waals surface area contributed by atoms with E-state index in [-0.39, 0.29) is 5.91 Å². The molecule has 0 saturated carbocycles. The number of halogens is 2. The van der Waals surface area contributed by atoms with Gasteiger partial charge in [-0.1, -0.05) is 22.0 Å². The second-order valence-electron chi connectivity index (χ2n) is 3.24. The van der Waals surface area contributed by atoms with Crippen LogP contribution < -0.4 is 11.1 Å². The zero-order valence-corrected chi connectivity index (χ0v) is 11.7. The van der Waals surface area contributed by atoms with Crippen LogP contribution >= 0.6 is 31.9 Å². The molecule has 0 saturated heterocycles. The number of nitrogens with two attached hydrogens (primary N) is 1. The Balaban J connectivity index is 2.76. The molecule has 1 aromatic carbocycles. The van der Waals surface area contributed by atoms with Gasteiger partial charge in [-0.2, -0.15) is 0 Å². The quantitative estimate of drug-likeness (QED) is 0.822. The highest BCUT2D eigenvalue weighted by molar-refractivity contribution is 9.11. The molecule has 1 rings (SSSR count). The molecule has 1 atom stereocenters. The molecule has 0 fully saturated rings. The summed E-state index contributed by atoms with van der Waals surface area (Å²) in [4.78, 5) is 11.6. The van der Waals surface area contributed by atoms with Crippen LogP contribution in [0.4, 0.5) is 5.69 Å². The van der Waals surface area contributed by atoms with Gasteiger partial charge in [0.2, 0.25) is 5.91 Å². The van der Waals surface area contributed by atoms with Crippen LogP contribution in [-0.2, 0) is 4.79 Å². The number of benzene rings is 1. The molecule has 0 aromatic heterocycles. The fraction of sp³-hybridized carbons (Fsp3) is 0.182. The lowest BCUT2D eigenvalue weighted by molar-refractivity contribution is -0.117. The number of carbonyl (C=O) groups is 1. The lowest BCUT2D eigenvalue weighted by Gasteiger charge is -2.11. The Morgan fingerprint density at radius 2 is 2.25 bits per heavy atom. The summed E-state index contributed by atoms with van der Waals surface area (Å²) in [5.74, 6) is -0.223. The molecule has 5 heteroatoms. The Labute approximate surface area is 111 Å². The van der Waals surface area contributed by atoms with Gasteiger partial charge in [-0.3, -0.25) is 4.79 Å². The molecule has 86 valence electrons. The van der Waals surface area contributed by atoms with Gasteiger partial charge in [0.15, 0.2) is 0 Å². The Morgan fingerprint density at radius 1 is 1.56 bits per heavy atom. The van der Waals surface area contributed by atoms with Gasteiger partial charge in [-0.05, 0) is 40.5 Å². The molecule has 3 N–H and O–H groups in total. The topological polar surface area (TPSA) is 55.1 Å². The first-order valence-electron chi connectivity index (χ1n) is 4.67. The second kappa shape index (κ2) is 6.18. The van der Waals surface area contributed by atoms with E-state index in [9.17, 15) is 4.79 Å². The number of rotatable bonds is 4. The van der Waals surface area contributed by atoms with E-state index in [1.807, 2.05) is 18.2 Å². The number of hydrogen-bond donors (Lipinski definition) is 2. The molecule has 0 bridgehead atoms. The maximum atomic E-state index is 11.6. The van der Waals surface area contributed by atoms with Crippen molar-refractivity contribution in [1.29, 1.82) is 0 Å². The predicted octanol–water partition coefficient (Wildman–Crippen LogP) is 3.05. The molecule has 3 nitrogen and oxygen atoms in total. The number of anilines is 1. The molecule has 16 heavy (non-hydrogen) atoms. The van der Waals surface area contributed by atoms with Crippen LogP contribution in [0, 0.1) is 0 Å². The third kappa shape index (κ3) is 3.73. The molecular formula is C11H12Br2N2O. The Morgan fingerprint density at radius 3 is 2.88 bits per heavy atom. The summed E-state index contributed by atoms with van der Waals surface area (Å²) in [6, 6.07) is 4.97. The van der Waals surface area contributed by atoms with E-state index in [0.29, 0.717) is 12.1 Å². The average Bonchev–Trinajstić information content (AvgIpc) is 2.23. The number of carbonyl (C=O) groups excluding carboxylic acids is 1. The van der Waals surface area contributed by atoms with Crippen molar-refractivity contribution in [2.75, 3.05) is 5.32 Å². The summed E-state index contributed by atoms with van der Waals surface area (Å²) in [5.41, 5.74) is 6.35. The maximum absolute atomic E-state index is 11.6. The van der Waals surface area contributed by atoms with Gasteiger partial charge in [-0.15, -0.1) is 6.58 Å². The van der Waals surface area contributed by atoms with Crippen molar-refractivity contribution < 1.29 is 4.79 Å². The summed E-state index contributed by atoms with van der Waals surface area (Å²) >= 11 is 6.68. The summed E-state index contributed by atoms with van der Waals surface area (Å²) in [7, 11) is 0. The zero-order valence-electron chi connectivity index (χ0n) is 8.54. The second-order valence-corrected chi connectivity index (χ2v) is 5.01. The highest BCUT2D eigenvalue weighted by Crippen LogP contribution is 2.26. The van der Waals surface area contributed by atoms with Gasteiger partial charge in [-0.25, -0.2) is 0 Å². The molecule has 1 aromatic rings. The Kier molecular flexibility index (Phi) is 5.18. The molecule has 0 heterocycles. The van der Waals surface area contributed by atoms with E-state index in [1.165, 1.54) is 0 Å². The van der Waals surface area contributed by atoms with Gasteiger partial charge in [0.1, 0.15) is 0 Å². The van der Waals surface area contributed by atoms with E-state index in [1.54, 1.807) is 6.08 Å². The SMILES string of the molecule is C=CCC(N)C(=O)Nc1cc(Br)ccc1Br. The van der Waals surface area contributed by atoms with E-state index in [2.05, 4.69) is 43.8 Å². The molecule has 0 aliphatic rings. The zero-order chi connectivity index (χ0) is 12.1. The van der Waals surface area contributed by atoms with E-state index < -0.39 is 6.04 Å². The summed E-state index contributed by atoms with van der Waals surface area (Å²) in [6.45, 7) is 3.55. The predicted molar refractivity (Wildman–Crippen MR) is 73.3 cm³/mol. The largest absolute Gasteiger partial charge is 0.324 e. The third-order valence-electron chi connectivity index (χ3n) is 1.94. The average molecular weight is 348 g/mol. The first-order valence-corrected chi connectivity index (χ1v) is 6.25. The van der Waals surface area contributed by atoms with Crippen LogP contribution in [0.15, 0.2) is 39.8 Å². The Bertz CT molecular complexity index is 407. The number of hydrogen-bond acceptors (Lipinski definition) is 2. The first-order chi connectivity index (χ1) is 7.54. The highest BCUT2D eigenvalue weighted by atomic mass is 79.9. The van der Waals surface area contributed by atoms with Crippen molar-refractivity contribution in [2.45, 2.75) is 12.5 Å². The van der Waals surface area contributed by atoms with Crippen molar-refractivity contribution in [2.24, 2.45) is 5.73 Å². The minimum absolute atomic E-state index is 0.223. The molecule has 0 aliphatic heterocycles. The number of nitrogens with one attached hydrogen (secondary N) is 1. The highest BCUT2D eigenvalue weighted by Gasteiger charge is 2.13. The van der Waals surface area contributed by atoms with Crippen molar-refractivity contribution in [1.82, 2.24) is 0 Å². The minimum Gasteiger partial charge on any atom is -0.324 e. The van der Waals surface area contributed by atoms with Crippen LogP contribution in [0.1, 0.15) is 6.42 Å². The molecule has 0 aliphatic carbocycles. The standard InChI is InChI=1S/C11H12Br2N2O/c1-2-3-9(14)11(16)15-10-6-7(12)4-5-8(10)13/h2,4-6,9H,1,3,14H2,(H,15,16). The van der Waals surface area contributed by atoms with E-state index >= 15 is 0 Å². The first kappa shape index (κ1) is 13.4. The van der Waals surface area contributed by atoms with Gasteiger partial charge < -0.3 is 11.1 Å². The molecule has 1 amide bonds. The monoisotopic (exact) mass is 346 g/mol. The van der Waals surface area contributed by atoms with Crippen LogP contribution in [0.25, 0.3) is 0 Å². The minimum atomic E-state index is -0.566. The van der Waals surface area contributed by atoms with Gasteiger partial charge in [0, 0.05) is 8.95 Å². The third-order valence-corrected chi connectivity index (χ3v) is 3.13. The van der Waals surface area contributed by atoms with Crippen LogP contribution in [0.3, 0.4) is 0 Å². The number of amides is 1. The lowest BCUT2D eigenvalue weighted by Crippen LogP contribution is -2.35. The van der Waals surface area contributed by atoms with Crippen molar-refractivity contribution in [3.8, 4) is 0 Å². The summed E-state index contributed by atoms with van der Waals surface area (Å²) < 4.78 is 1.71. The lowest BCUT2D eigenvalue weighted by atomic mass is 10.2. The summed E-state index contributed by atoms with van der Waals surface area (Å²) in [5, 5.41) is 2.75. The van der Waals surface area contributed by atoms with E-state index in [0.717, 1.165) is 8.95 Å². The fourth-order valence-electron chi connectivity index (χ4n) is 1.11. The van der Waals surface area contributed by atoms with Crippen molar-refractivity contribution >= 4 is 43.5 Å². The molecule has 1 unspecified atom stereocenters. The van der Waals surface area contributed by atoms with Crippen LogP contribution in [0.5, 0.6) is 0 Å². The van der Waals surface area contributed by atoms with E-state index in [4.69, 9.17) is 5.73 Å². The Hall–Kier alpha value is -0.650.